The van der Waals surface area contributed by atoms with Gasteiger partial charge in [0.2, 0.25) is 0 Å². The van der Waals surface area contributed by atoms with Gasteiger partial charge < -0.3 is 5.32 Å². The fraction of sp³-hybridized carbons (Fsp3) is 0.100. The minimum atomic E-state index is -0.806. The van der Waals surface area contributed by atoms with Crippen molar-refractivity contribution >= 4 is 34.7 Å². The molecule has 4 nitrogen and oxygen atoms in total. The summed E-state index contributed by atoms with van der Waals surface area (Å²) in [7, 11) is 0. The van der Waals surface area contributed by atoms with Gasteiger partial charge in [-0.1, -0.05) is 16.1 Å². The lowest BCUT2D eigenvalue weighted by Crippen LogP contribution is -2.12. The molecule has 1 amide bonds. The molecule has 1 heterocycles. The Labute approximate surface area is 106 Å². The average Bonchev–Trinajstić information content (AvgIpc) is 2.80. The summed E-state index contributed by atoms with van der Waals surface area (Å²) in [5, 5.41) is 6.71. The van der Waals surface area contributed by atoms with Crippen LogP contribution in [-0.4, -0.2) is 15.5 Å². The second kappa shape index (κ2) is 5.20. The van der Waals surface area contributed by atoms with Crippen LogP contribution < -0.4 is 5.32 Å². The van der Waals surface area contributed by atoms with Gasteiger partial charge in [-0.05, 0) is 35.8 Å². The average molecular weight is 272 g/mol. The minimum absolute atomic E-state index is 0.0569. The first-order chi connectivity index (χ1) is 8.20. The van der Waals surface area contributed by atoms with Gasteiger partial charge in [-0.2, -0.15) is 0 Å². The molecule has 0 bridgehead atoms. The van der Waals surface area contributed by atoms with Gasteiger partial charge in [0.25, 0.3) is 5.91 Å². The summed E-state index contributed by atoms with van der Waals surface area (Å²) < 4.78 is 16.0. The van der Waals surface area contributed by atoms with Gasteiger partial charge in [0.15, 0.2) is 0 Å². The lowest BCUT2D eigenvalue weighted by atomic mass is 10.3. The number of aromatic nitrogens is 2. The number of nitrogens with zero attached hydrogens (tertiary/aromatic N) is 2. The maximum absolute atomic E-state index is 12.5. The predicted molar refractivity (Wildman–Crippen MR) is 64.1 cm³/mol. The summed E-state index contributed by atoms with van der Waals surface area (Å²) in [5.74, 6) is -0.421. The normalized spacial score (nSPS) is 10.2. The van der Waals surface area contributed by atoms with E-state index in [9.17, 15) is 9.18 Å². The van der Waals surface area contributed by atoms with Crippen LogP contribution in [0.1, 0.15) is 15.4 Å². The molecule has 0 unspecified atom stereocenters. The third-order valence-electron chi connectivity index (χ3n) is 1.99. The summed E-state index contributed by atoms with van der Waals surface area (Å²) in [6.07, 6.45) is 0. The smallest absolute Gasteiger partial charge is 0.269 e. The molecule has 0 radical (unpaired) electrons. The highest BCUT2D eigenvalue weighted by molar-refractivity contribution is 7.08. The molecular formula is C10H7ClFN3OS. The second-order valence-corrected chi connectivity index (χ2v) is 4.33. The second-order valence-electron chi connectivity index (χ2n) is 3.14. The van der Waals surface area contributed by atoms with E-state index in [1.165, 1.54) is 0 Å². The minimum Gasteiger partial charge on any atom is -0.321 e. The molecule has 0 fully saturated rings. The van der Waals surface area contributed by atoms with Crippen molar-refractivity contribution in [1.82, 2.24) is 9.59 Å². The molecular weight excluding hydrogens is 265 g/mol. The topological polar surface area (TPSA) is 54.9 Å². The van der Waals surface area contributed by atoms with Crippen molar-refractivity contribution in [2.75, 3.05) is 5.32 Å². The van der Waals surface area contributed by atoms with Crippen LogP contribution in [-0.2, 0) is 6.67 Å². The van der Waals surface area contributed by atoms with E-state index in [-0.39, 0.29) is 10.6 Å². The number of carbonyl (C=O) groups excluding carboxylic acids is 1. The Hall–Kier alpha value is -1.53. The summed E-state index contributed by atoms with van der Waals surface area (Å²) in [4.78, 5) is 11.9. The Bertz CT molecular complexity index is 529. The summed E-state index contributed by atoms with van der Waals surface area (Å²) >= 11 is 6.58. The zero-order valence-corrected chi connectivity index (χ0v) is 10.1. The molecule has 1 aromatic heterocycles. The Morgan fingerprint density at radius 2 is 2.12 bits per heavy atom. The number of hydrogen-bond acceptors (Lipinski definition) is 4. The van der Waals surface area contributed by atoms with Gasteiger partial charge in [-0.3, -0.25) is 4.79 Å². The van der Waals surface area contributed by atoms with Crippen molar-refractivity contribution in [2.45, 2.75) is 6.67 Å². The molecule has 2 rings (SSSR count). The number of hydrogen-bond donors (Lipinski definition) is 1. The number of rotatable bonds is 3. The number of carbonyl (C=O) groups is 1. The zero-order valence-electron chi connectivity index (χ0n) is 8.48. The molecule has 17 heavy (non-hydrogen) atoms. The molecule has 0 saturated carbocycles. The van der Waals surface area contributed by atoms with Crippen molar-refractivity contribution < 1.29 is 9.18 Å². The van der Waals surface area contributed by atoms with Crippen LogP contribution in [0.3, 0.4) is 0 Å². The van der Waals surface area contributed by atoms with E-state index in [0.717, 1.165) is 11.5 Å². The number of alkyl halides is 1. The lowest BCUT2D eigenvalue weighted by molar-refractivity contribution is 0.102. The number of nitrogens with one attached hydrogen (secondary N) is 1. The molecule has 0 atom stereocenters. The predicted octanol–water partition coefficient (Wildman–Crippen LogP) is 2.91. The summed E-state index contributed by atoms with van der Waals surface area (Å²) in [6, 6.07) is 6.62. The van der Waals surface area contributed by atoms with E-state index in [1.807, 2.05) is 0 Å². The Balaban J connectivity index is 2.14. The highest BCUT2D eigenvalue weighted by atomic mass is 35.5. The first-order valence-electron chi connectivity index (χ1n) is 4.65. The highest BCUT2D eigenvalue weighted by Gasteiger charge is 2.15. The van der Waals surface area contributed by atoms with Crippen LogP contribution >= 0.6 is 23.1 Å². The van der Waals surface area contributed by atoms with Crippen LogP contribution in [0.5, 0.6) is 0 Å². The summed E-state index contributed by atoms with van der Waals surface area (Å²) in [6.45, 7) is -0.806. The first-order valence-corrected chi connectivity index (χ1v) is 5.80. The van der Waals surface area contributed by atoms with Gasteiger partial charge >= 0.3 is 0 Å². The van der Waals surface area contributed by atoms with Crippen LogP contribution in [0.25, 0.3) is 0 Å². The van der Waals surface area contributed by atoms with Crippen molar-refractivity contribution in [3.8, 4) is 0 Å². The van der Waals surface area contributed by atoms with Gasteiger partial charge in [0.1, 0.15) is 17.2 Å². The van der Waals surface area contributed by atoms with Crippen molar-refractivity contribution in [1.29, 1.82) is 0 Å². The number of halogens is 2. The number of benzene rings is 1. The molecule has 0 aliphatic heterocycles. The number of anilines is 1. The van der Waals surface area contributed by atoms with Crippen LogP contribution in [0, 0.1) is 0 Å². The summed E-state index contributed by atoms with van der Waals surface area (Å²) in [5.41, 5.74) is 0.638. The Morgan fingerprint density at radius 3 is 2.76 bits per heavy atom. The lowest BCUT2D eigenvalue weighted by Gasteiger charge is -2.03. The van der Waals surface area contributed by atoms with Gasteiger partial charge in [-0.25, -0.2) is 4.39 Å². The number of amides is 1. The molecule has 0 aliphatic rings. The highest BCUT2D eigenvalue weighted by Crippen LogP contribution is 2.17. The van der Waals surface area contributed by atoms with E-state index in [1.54, 1.807) is 24.3 Å². The fourth-order valence-electron chi connectivity index (χ4n) is 1.19. The van der Waals surface area contributed by atoms with E-state index in [2.05, 4.69) is 14.9 Å². The molecule has 88 valence electrons. The maximum Gasteiger partial charge on any atom is 0.269 e. The molecule has 2 aromatic rings. The standard InChI is InChI=1S/C10H7ClFN3OS/c11-6-1-3-7(4-2-6)13-10(16)9-8(5-12)14-15-17-9/h1-4H,5H2,(H,13,16). The van der Waals surface area contributed by atoms with E-state index in [0.29, 0.717) is 10.7 Å². The Kier molecular flexibility index (Phi) is 3.65. The van der Waals surface area contributed by atoms with Crippen LogP contribution in [0.15, 0.2) is 24.3 Å². The zero-order chi connectivity index (χ0) is 12.3. The van der Waals surface area contributed by atoms with Crippen molar-refractivity contribution in [3.05, 3.63) is 39.9 Å². The van der Waals surface area contributed by atoms with Crippen molar-refractivity contribution in [2.24, 2.45) is 0 Å². The molecule has 0 spiro atoms. The molecule has 1 N–H and O–H groups in total. The van der Waals surface area contributed by atoms with E-state index in [4.69, 9.17) is 11.6 Å². The van der Waals surface area contributed by atoms with Crippen molar-refractivity contribution in [3.63, 3.8) is 0 Å². The van der Waals surface area contributed by atoms with Gasteiger partial charge in [0, 0.05) is 10.7 Å². The van der Waals surface area contributed by atoms with Gasteiger partial charge in [0.05, 0.1) is 0 Å². The van der Waals surface area contributed by atoms with E-state index >= 15 is 0 Å². The largest absolute Gasteiger partial charge is 0.321 e. The monoisotopic (exact) mass is 271 g/mol. The SMILES string of the molecule is O=C(Nc1ccc(Cl)cc1)c1snnc1CF. The maximum atomic E-state index is 12.5. The quantitative estimate of drug-likeness (QED) is 0.934. The molecule has 0 aliphatic carbocycles. The van der Waals surface area contributed by atoms with Crippen LogP contribution in [0.2, 0.25) is 5.02 Å². The third-order valence-corrected chi connectivity index (χ3v) is 3.01. The first kappa shape index (κ1) is 11.9. The van der Waals surface area contributed by atoms with Gasteiger partial charge in [-0.15, -0.1) is 5.10 Å². The Morgan fingerprint density at radius 1 is 1.41 bits per heavy atom. The third kappa shape index (κ3) is 2.78. The van der Waals surface area contributed by atoms with E-state index < -0.39 is 12.6 Å². The fourth-order valence-corrected chi connectivity index (χ4v) is 1.87. The molecule has 0 saturated heterocycles. The molecule has 7 heteroatoms. The van der Waals surface area contributed by atoms with Crippen LogP contribution in [0.4, 0.5) is 10.1 Å². The molecule has 1 aromatic carbocycles.